The predicted molar refractivity (Wildman–Crippen MR) is 149 cm³/mol. The van der Waals surface area contributed by atoms with Gasteiger partial charge < -0.3 is 20.7 Å². The predicted octanol–water partition coefficient (Wildman–Crippen LogP) is 4.16. The van der Waals surface area contributed by atoms with Gasteiger partial charge in [0, 0.05) is 42.0 Å². The number of hydrogen-bond donors (Lipinski definition) is 3. The van der Waals surface area contributed by atoms with E-state index in [0.29, 0.717) is 23.8 Å². The zero-order valence-electron chi connectivity index (χ0n) is 22.4. The first kappa shape index (κ1) is 26.0. The molecule has 0 spiro atoms. The smallest absolute Gasteiger partial charge is 0.297 e. The Bertz CT molecular complexity index is 1360. The van der Waals surface area contributed by atoms with Crippen molar-refractivity contribution in [2.75, 3.05) is 25.0 Å². The Balaban J connectivity index is 1.39. The molecule has 3 aromatic rings. The number of para-hydroxylation sites is 1. The first-order valence-electron chi connectivity index (χ1n) is 13.5. The van der Waals surface area contributed by atoms with E-state index in [1.54, 1.807) is 29.1 Å². The highest BCUT2D eigenvalue weighted by molar-refractivity contribution is 5.95. The summed E-state index contributed by atoms with van der Waals surface area (Å²) in [6.07, 6.45) is 7.61. The molecule has 8 nitrogen and oxygen atoms in total. The minimum atomic E-state index is -0.631. The monoisotopic (exact) mass is 515 g/mol. The highest BCUT2D eigenvalue weighted by Crippen LogP contribution is 2.32. The van der Waals surface area contributed by atoms with Gasteiger partial charge in [-0.2, -0.15) is 0 Å². The van der Waals surface area contributed by atoms with E-state index in [-0.39, 0.29) is 23.3 Å². The molecule has 1 saturated carbocycles. The molecule has 0 bridgehead atoms. The summed E-state index contributed by atoms with van der Waals surface area (Å²) in [4.78, 5) is 30.6. The Hall–Kier alpha value is -3.65. The van der Waals surface area contributed by atoms with E-state index < -0.39 is 5.54 Å². The van der Waals surface area contributed by atoms with E-state index in [0.717, 1.165) is 49.2 Å². The molecular weight excluding hydrogens is 478 g/mol. The van der Waals surface area contributed by atoms with Crippen molar-refractivity contribution in [2.24, 2.45) is 5.92 Å². The number of aromatic nitrogens is 2. The molecule has 5 rings (SSSR count). The van der Waals surface area contributed by atoms with Gasteiger partial charge in [0.25, 0.3) is 11.5 Å². The second kappa shape index (κ2) is 11.0. The van der Waals surface area contributed by atoms with E-state index >= 15 is 0 Å². The fraction of sp³-hybridized carbons (Fsp3) is 0.433. The Morgan fingerprint density at radius 3 is 2.76 bits per heavy atom. The average molecular weight is 516 g/mol. The summed E-state index contributed by atoms with van der Waals surface area (Å²) in [5, 5.41) is 9.82. The third-order valence-electron chi connectivity index (χ3n) is 7.35. The van der Waals surface area contributed by atoms with Gasteiger partial charge in [-0.15, -0.1) is 0 Å². The number of rotatable bonds is 9. The molecule has 2 fully saturated rings. The molecule has 0 radical (unpaired) electrons. The molecule has 1 saturated heterocycles. The summed E-state index contributed by atoms with van der Waals surface area (Å²) < 4.78 is 7.83. The highest BCUT2D eigenvalue weighted by Gasteiger charge is 2.27. The second-order valence-corrected chi connectivity index (χ2v) is 11.0. The zero-order chi connectivity index (χ0) is 26.7. The normalized spacial score (nSPS) is 17.6. The third-order valence-corrected chi connectivity index (χ3v) is 7.35. The SMILES string of the molecule is Cc1ccc(C(=O)NC2CC2)cc1-n1ccnc(NC(C)(C)c2ccccc2OCC2CCCNC2)c1=O. The first-order valence-corrected chi connectivity index (χ1v) is 13.5. The molecule has 1 aromatic heterocycles. The standard InChI is InChI=1S/C30H37N5O3/c1-20-10-11-22(28(36)33-23-12-13-23)17-25(20)35-16-15-32-27(29(35)37)34-30(2,3)24-8-4-5-9-26(24)38-19-21-7-6-14-31-18-21/h4-5,8-11,15-17,21,23,31H,6-7,12-14,18-19H2,1-3H3,(H,32,34)(H,33,36). The van der Waals surface area contributed by atoms with Crippen molar-refractivity contribution in [3.05, 3.63) is 81.9 Å². The van der Waals surface area contributed by atoms with Crippen LogP contribution >= 0.6 is 0 Å². The molecule has 1 amide bonds. The van der Waals surface area contributed by atoms with Gasteiger partial charge in [-0.3, -0.25) is 14.2 Å². The Morgan fingerprint density at radius 1 is 1.18 bits per heavy atom. The van der Waals surface area contributed by atoms with Crippen LogP contribution in [0.4, 0.5) is 5.82 Å². The van der Waals surface area contributed by atoms with Crippen molar-refractivity contribution in [1.82, 2.24) is 20.2 Å². The number of carbonyl (C=O) groups excluding carboxylic acids is 1. The summed E-state index contributed by atoms with van der Waals surface area (Å²) in [7, 11) is 0. The van der Waals surface area contributed by atoms with Crippen LogP contribution in [0.1, 0.15) is 61.0 Å². The maximum Gasteiger partial charge on any atom is 0.297 e. The Morgan fingerprint density at radius 2 is 2.00 bits per heavy atom. The van der Waals surface area contributed by atoms with Crippen molar-refractivity contribution in [2.45, 2.75) is 58.0 Å². The number of anilines is 1. The van der Waals surface area contributed by atoms with Crippen molar-refractivity contribution in [1.29, 1.82) is 0 Å². The minimum Gasteiger partial charge on any atom is -0.493 e. The fourth-order valence-electron chi connectivity index (χ4n) is 4.94. The van der Waals surface area contributed by atoms with Crippen molar-refractivity contribution >= 4 is 11.7 Å². The summed E-state index contributed by atoms with van der Waals surface area (Å²) in [6, 6.07) is 13.7. The van der Waals surface area contributed by atoms with Crippen LogP contribution in [0.2, 0.25) is 0 Å². The number of aryl methyl sites for hydroxylation is 1. The molecule has 1 aliphatic carbocycles. The van der Waals surface area contributed by atoms with Crippen LogP contribution in [-0.2, 0) is 5.54 Å². The van der Waals surface area contributed by atoms with Crippen molar-refractivity contribution < 1.29 is 9.53 Å². The molecule has 2 heterocycles. The van der Waals surface area contributed by atoms with E-state index in [1.807, 2.05) is 51.1 Å². The molecule has 1 atom stereocenters. The summed E-state index contributed by atoms with van der Waals surface area (Å²) in [6.45, 7) is 8.66. The number of amides is 1. The molecule has 2 aromatic carbocycles. The largest absolute Gasteiger partial charge is 0.493 e. The quantitative estimate of drug-likeness (QED) is 0.396. The van der Waals surface area contributed by atoms with E-state index in [2.05, 4.69) is 20.9 Å². The molecule has 200 valence electrons. The first-order chi connectivity index (χ1) is 18.3. The molecule has 38 heavy (non-hydrogen) atoms. The number of nitrogens with one attached hydrogen (secondary N) is 3. The van der Waals surface area contributed by atoms with Crippen LogP contribution in [0.5, 0.6) is 5.75 Å². The molecule has 2 aliphatic rings. The highest BCUT2D eigenvalue weighted by atomic mass is 16.5. The van der Waals surface area contributed by atoms with Crippen LogP contribution in [-0.4, -0.2) is 41.2 Å². The number of carbonyl (C=O) groups is 1. The lowest BCUT2D eigenvalue weighted by atomic mass is 9.93. The lowest BCUT2D eigenvalue weighted by molar-refractivity contribution is 0.0951. The topological polar surface area (TPSA) is 97.3 Å². The van der Waals surface area contributed by atoms with Crippen molar-refractivity contribution in [3.8, 4) is 11.4 Å². The van der Waals surface area contributed by atoms with Gasteiger partial charge in [0.05, 0.1) is 17.8 Å². The van der Waals surface area contributed by atoms with Gasteiger partial charge in [-0.1, -0.05) is 24.3 Å². The molecule has 1 aliphatic heterocycles. The average Bonchev–Trinajstić information content (AvgIpc) is 3.74. The molecular formula is C30H37N5O3. The Labute approximate surface area is 223 Å². The lowest BCUT2D eigenvalue weighted by Gasteiger charge is -2.30. The van der Waals surface area contributed by atoms with Crippen LogP contribution < -0.4 is 26.2 Å². The third kappa shape index (κ3) is 5.91. The van der Waals surface area contributed by atoms with Gasteiger partial charge in [0.1, 0.15) is 5.75 Å². The lowest BCUT2D eigenvalue weighted by Crippen LogP contribution is -2.35. The van der Waals surface area contributed by atoms with Crippen LogP contribution in [0.3, 0.4) is 0 Å². The van der Waals surface area contributed by atoms with Crippen molar-refractivity contribution in [3.63, 3.8) is 0 Å². The van der Waals surface area contributed by atoms with Gasteiger partial charge in [-0.05, 0) is 76.8 Å². The van der Waals surface area contributed by atoms with E-state index in [1.165, 1.54) is 6.42 Å². The molecule has 3 N–H and O–H groups in total. The van der Waals surface area contributed by atoms with Gasteiger partial charge in [0.2, 0.25) is 0 Å². The second-order valence-electron chi connectivity index (χ2n) is 11.0. The van der Waals surface area contributed by atoms with E-state index in [4.69, 9.17) is 4.74 Å². The fourth-order valence-corrected chi connectivity index (χ4v) is 4.94. The minimum absolute atomic E-state index is 0.115. The van der Waals surface area contributed by atoms with Gasteiger partial charge in [-0.25, -0.2) is 4.98 Å². The molecule has 1 unspecified atom stereocenters. The summed E-state index contributed by atoms with van der Waals surface area (Å²) in [5.41, 5.74) is 2.13. The van der Waals surface area contributed by atoms with Gasteiger partial charge in [0.15, 0.2) is 5.82 Å². The van der Waals surface area contributed by atoms with Gasteiger partial charge >= 0.3 is 0 Å². The summed E-state index contributed by atoms with van der Waals surface area (Å²) >= 11 is 0. The number of ether oxygens (including phenoxy) is 1. The summed E-state index contributed by atoms with van der Waals surface area (Å²) in [5.74, 6) is 1.41. The van der Waals surface area contributed by atoms with Crippen LogP contribution in [0.15, 0.2) is 59.7 Å². The van der Waals surface area contributed by atoms with Crippen LogP contribution in [0, 0.1) is 12.8 Å². The maximum atomic E-state index is 13.6. The van der Waals surface area contributed by atoms with Crippen LogP contribution in [0.25, 0.3) is 5.69 Å². The number of hydrogen-bond acceptors (Lipinski definition) is 6. The maximum absolute atomic E-state index is 13.6. The van der Waals surface area contributed by atoms with E-state index in [9.17, 15) is 9.59 Å². The zero-order valence-corrected chi connectivity index (χ0v) is 22.4. The molecule has 8 heteroatoms. The Kier molecular flexibility index (Phi) is 7.51. The number of benzene rings is 2. The number of nitrogens with zero attached hydrogens (tertiary/aromatic N) is 2. The number of piperidine rings is 1.